The molecule has 0 saturated heterocycles. The van der Waals surface area contributed by atoms with Crippen LogP contribution in [-0.4, -0.2) is 37.2 Å². The summed E-state index contributed by atoms with van der Waals surface area (Å²) in [4.78, 5) is 37.9. The molecular weight excluding hydrogens is 805 g/mol. The van der Waals surface area contributed by atoms with Crippen LogP contribution in [0.25, 0.3) is 0 Å². The van der Waals surface area contributed by atoms with E-state index >= 15 is 0 Å². The lowest BCUT2D eigenvalue weighted by molar-refractivity contribution is -0.167. The second-order valence-corrected chi connectivity index (χ2v) is 18.5. The van der Waals surface area contributed by atoms with Gasteiger partial charge in [-0.15, -0.1) is 0 Å². The molecule has 0 aliphatic carbocycles. The average Bonchev–Trinajstić information content (AvgIpc) is 3.30. The highest BCUT2D eigenvalue weighted by molar-refractivity contribution is 5.71. The number of rotatable bonds is 50. The molecule has 0 aliphatic rings. The van der Waals surface area contributed by atoms with E-state index in [0.717, 1.165) is 96.3 Å². The second kappa shape index (κ2) is 53.7. The quantitative estimate of drug-likeness (QED) is 0.0262. The monoisotopic (exact) mass is 909 g/mol. The van der Waals surface area contributed by atoms with E-state index in [1.54, 1.807) is 0 Å². The molecule has 1 unspecified atom stereocenters. The van der Waals surface area contributed by atoms with E-state index in [9.17, 15) is 14.4 Å². The molecule has 1 atom stereocenters. The van der Waals surface area contributed by atoms with Crippen LogP contribution in [-0.2, 0) is 28.6 Å². The van der Waals surface area contributed by atoms with Gasteiger partial charge in [0.15, 0.2) is 6.10 Å². The zero-order chi connectivity index (χ0) is 47.2. The number of unbranched alkanes of at least 4 members (excludes halogenated alkanes) is 29. The van der Waals surface area contributed by atoms with Crippen LogP contribution in [0, 0.1) is 0 Å². The number of carbonyl (C=O) groups excluding carboxylic acids is 3. The second-order valence-electron chi connectivity index (χ2n) is 18.5. The van der Waals surface area contributed by atoms with Gasteiger partial charge in [-0.1, -0.05) is 242 Å². The average molecular weight is 909 g/mol. The molecule has 0 spiro atoms. The molecule has 0 aromatic carbocycles. The Morgan fingerprint density at radius 3 is 1.00 bits per heavy atom. The van der Waals surface area contributed by atoms with Gasteiger partial charge in [0.25, 0.3) is 0 Å². The Balaban J connectivity index is 4.11. The first-order valence-corrected chi connectivity index (χ1v) is 27.8. The lowest BCUT2D eigenvalue weighted by Gasteiger charge is -2.18. The summed E-state index contributed by atoms with van der Waals surface area (Å²) in [6.45, 7) is 6.47. The summed E-state index contributed by atoms with van der Waals surface area (Å²) in [6.07, 6.45) is 66.6. The third kappa shape index (κ3) is 51.9. The number of ether oxygens (including phenoxy) is 3. The van der Waals surface area contributed by atoms with Crippen LogP contribution < -0.4 is 0 Å². The molecule has 0 rings (SSSR count). The lowest BCUT2D eigenvalue weighted by Crippen LogP contribution is -2.30. The van der Waals surface area contributed by atoms with Gasteiger partial charge in [0.05, 0.1) is 0 Å². The maximum absolute atomic E-state index is 12.7. The summed E-state index contributed by atoms with van der Waals surface area (Å²) >= 11 is 0. The van der Waals surface area contributed by atoms with Gasteiger partial charge >= 0.3 is 17.9 Å². The van der Waals surface area contributed by atoms with Crippen molar-refractivity contribution in [3.63, 3.8) is 0 Å². The van der Waals surface area contributed by atoms with Crippen molar-refractivity contribution in [2.75, 3.05) is 13.2 Å². The molecule has 65 heavy (non-hydrogen) atoms. The third-order valence-corrected chi connectivity index (χ3v) is 12.0. The third-order valence-electron chi connectivity index (χ3n) is 12.0. The molecule has 6 nitrogen and oxygen atoms in total. The highest BCUT2D eigenvalue weighted by Crippen LogP contribution is 2.16. The smallest absolute Gasteiger partial charge is 0.306 e. The van der Waals surface area contributed by atoms with Crippen LogP contribution in [0.15, 0.2) is 60.8 Å². The maximum Gasteiger partial charge on any atom is 0.306 e. The topological polar surface area (TPSA) is 78.9 Å². The minimum absolute atomic E-state index is 0.0746. The Bertz CT molecular complexity index is 1180. The molecule has 0 bridgehead atoms. The summed E-state index contributed by atoms with van der Waals surface area (Å²) in [5.74, 6) is -0.881. The first-order chi connectivity index (χ1) is 32.0. The summed E-state index contributed by atoms with van der Waals surface area (Å²) < 4.78 is 16.8. The van der Waals surface area contributed by atoms with Gasteiger partial charge in [-0.05, 0) is 77.0 Å². The van der Waals surface area contributed by atoms with Crippen molar-refractivity contribution in [2.45, 2.75) is 284 Å². The van der Waals surface area contributed by atoms with Crippen molar-refractivity contribution in [1.29, 1.82) is 0 Å². The number of esters is 3. The molecule has 0 heterocycles. The minimum atomic E-state index is -0.773. The SMILES string of the molecule is CC/C=C\C/C=C\C/C=C\C/C=C\CCCCCCCCCCCCCCCCC(=O)OCC(COC(=O)CCCCCCCCCCC)OC(=O)CCCCCCC/C=C\CCCC. The molecular formula is C59H104O6. The standard InChI is InChI=1S/C59H104O6/c1-4-7-10-13-16-19-21-22-23-24-25-26-27-28-29-30-31-32-33-34-35-36-38-40-43-46-49-52-58(61)64-55-56(54-63-57(60)51-48-45-42-39-18-15-12-9-6-3)65-59(62)53-50-47-44-41-37-20-17-14-11-8-5-2/h7,10,14,16-17,19,22-23,25-26,56H,4-6,8-9,11-13,15,18,20-21,24,27-55H2,1-3H3/b10-7-,17-14-,19-16-,23-22-,26-25-. The van der Waals surface area contributed by atoms with E-state index in [1.807, 2.05) is 0 Å². The number of hydrogen-bond donors (Lipinski definition) is 0. The molecule has 0 fully saturated rings. The fraction of sp³-hybridized carbons (Fsp3) is 0.780. The summed E-state index contributed by atoms with van der Waals surface area (Å²) in [6, 6.07) is 0. The number of carbonyl (C=O) groups is 3. The molecule has 0 aromatic rings. The van der Waals surface area contributed by atoms with Crippen LogP contribution in [0.2, 0.25) is 0 Å². The Hall–Kier alpha value is -2.89. The van der Waals surface area contributed by atoms with Gasteiger partial charge in [-0.25, -0.2) is 0 Å². The molecule has 6 heteroatoms. The van der Waals surface area contributed by atoms with Crippen molar-refractivity contribution < 1.29 is 28.6 Å². The van der Waals surface area contributed by atoms with Crippen LogP contribution in [0.4, 0.5) is 0 Å². The van der Waals surface area contributed by atoms with E-state index in [4.69, 9.17) is 14.2 Å². The zero-order valence-corrected chi connectivity index (χ0v) is 43.0. The lowest BCUT2D eigenvalue weighted by atomic mass is 10.0. The Morgan fingerprint density at radius 2 is 0.615 bits per heavy atom. The molecule has 0 amide bonds. The summed E-state index contributed by atoms with van der Waals surface area (Å²) in [5, 5.41) is 0. The summed E-state index contributed by atoms with van der Waals surface area (Å²) in [7, 11) is 0. The highest BCUT2D eigenvalue weighted by Gasteiger charge is 2.19. The van der Waals surface area contributed by atoms with Crippen LogP contribution >= 0.6 is 0 Å². The Kier molecular flexibility index (Phi) is 51.3. The maximum atomic E-state index is 12.7. The van der Waals surface area contributed by atoms with Gasteiger partial charge in [0.1, 0.15) is 13.2 Å². The normalized spacial score (nSPS) is 12.5. The van der Waals surface area contributed by atoms with Crippen LogP contribution in [0.3, 0.4) is 0 Å². The predicted molar refractivity (Wildman–Crippen MR) is 279 cm³/mol. The first-order valence-electron chi connectivity index (χ1n) is 27.8. The van der Waals surface area contributed by atoms with Gasteiger partial charge in [0.2, 0.25) is 0 Å². The molecule has 0 N–H and O–H groups in total. The van der Waals surface area contributed by atoms with Crippen molar-refractivity contribution in [2.24, 2.45) is 0 Å². The molecule has 376 valence electrons. The van der Waals surface area contributed by atoms with E-state index in [1.165, 1.54) is 141 Å². The van der Waals surface area contributed by atoms with Crippen molar-refractivity contribution in [1.82, 2.24) is 0 Å². The van der Waals surface area contributed by atoms with Crippen LogP contribution in [0.1, 0.15) is 278 Å². The zero-order valence-electron chi connectivity index (χ0n) is 43.0. The fourth-order valence-electron chi connectivity index (χ4n) is 7.83. The van der Waals surface area contributed by atoms with Crippen LogP contribution in [0.5, 0.6) is 0 Å². The molecule has 0 radical (unpaired) electrons. The van der Waals surface area contributed by atoms with Crippen molar-refractivity contribution in [3.05, 3.63) is 60.8 Å². The van der Waals surface area contributed by atoms with Gasteiger partial charge in [-0.2, -0.15) is 0 Å². The summed E-state index contributed by atoms with van der Waals surface area (Å²) in [5.41, 5.74) is 0. The van der Waals surface area contributed by atoms with Gasteiger partial charge < -0.3 is 14.2 Å². The predicted octanol–water partition coefficient (Wildman–Crippen LogP) is 18.4. The number of hydrogen-bond acceptors (Lipinski definition) is 6. The minimum Gasteiger partial charge on any atom is -0.462 e. The molecule has 0 aliphatic heterocycles. The fourth-order valence-corrected chi connectivity index (χ4v) is 7.83. The van der Waals surface area contributed by atoms with E-state index in [2.05, 4.69) is 81.5 Å². The van der Waals surface area contributed by atoms with E-state index < -0.39 is 6.10 Å². The van der Waals surface area contributed by atoms with Gasteiger partial charge in [-0.3, -0.25) is 14.4 Å². The van der Waals surface area contributed by atoms with Crippen molar-refractivity contribution >= 4 is 17.9 Å². The first kappa shape index (κ1) is 62.1. The van der Waals surface area contributed by atoms with E-state index in [0.29, 0.717) is 19.3 Å². The van der Waals surface area contributed by atoms with Gasteiger partial charge in [0, 0.05) is 19.3 Å². The van der Waals surface area contributed by atoms with E-state index in [-0.39, 0.29) is 31.1 Å². The molecule has 0 saturated carbocycles. The number of allylic oxidation sites excluding steroid dienone is 10. The highest BCUT2D eigenvalue weighted by atomic mass is 16.6. The van der Waals surface area contributed by atoms with Crippen molar-refractivity contribution in [3.8, 4) is 0 Å². The molecule has 0 aromatic heterocycles. The Morgan fingerprint density at radius 1 is 0.323 bits per heavy atom. The largest absolute Gasteiger partial charge is 0.462 e. The Labute approximate surface area is 402 Å².